The molecule has 3 aromatic rings. The summed E-state index contributed by atoms with van der Waals surface area (Å²) in [6.07, 6.45) is 7.18. The van der Waals surface area contributed by atoms with E-state index in [1.165, 1.54) is 0 Å². The molecule has 3 rings (SSSR count). The highest BCUT2D eigenvalue weighted by Crippen LogP contribution is 2.39. The molecule has 5 heteroatoms. The second-order valence-corrected chi connectivity index (χ2v) is 7.12. The Labute approximate surface area is 148 Å². The van der Waals surface area contributed by atoms with E-state index in [9.17, 15) is 0 Å². The Morgan fingerprint density at radius 2 is 1.76 bits per heavy atom. The number of aromatic nitrogens is 3. The van der Waals surface area contributed by atoms with E-state index >= 15 is 0 Å². The Morgan fingerprint density at radius 1 is 1.08 bits per heavy atom. The molecule has 2 N–H and O–H groups in total. The number of hydrogen-bond acceptors (Lipinski definition) is 5. The molecule has 25 heavy (non-hydrogen) atoms. The van der Waals surface area contributed by atoms with Gasteiger partial charge >= 0.3 is 0 Å². The van der Waals surface area contributed by atoms with Gasteiger partial charge in [0.05, 0.1) is 30.1 Å². The van der Waals surface area contributed by atoms with Gasteiger partial charge in [0.1, 0.15) is 0 Å². The highest BCUT2D eigenvalue weighted by molar-refractivity contribution is 5.95. The zero-order chi connectivity index (χ0) is 18.0. The quantitative estimate of drug-likeness (QED) is 0.763. The zero-order valence-corrected chi connectivity index (χ0v) is 15.2. The summed E-state index contributed by atoms with van der Waals surface area (Å²) in [5, 5.41) is 0.917. The number of ether oxygens (including phenoxy) is 1. The van der Waals surface area contributed by atoms with Gasteiger partial charge in [0.25, 0.3) is 0 Å². The van der Waals surface area contributed by atoms with Crippen molar-refractivity contribution in [2.24, 2.45) is 0 Å². The predicted octanol–water partition coefficient (Wildman–Crippen LogP) is 3.98. The van der Waals surface area contributed by atoms with E-state index in [1.807, 2.05) is 32.0 Å². The van der Waals surface area contributed by atoms with Crippen LogP contribution >= 0.6 is 0 Å². The van der Waals surface area contributed by atoms with Crippen LogP contribution in [0.4, 0.5) is 5.69 Å². The number of hydrogen-bond donors (Lipinski definition) is 1. The Bertz CT molecular complexity index is 876. The molecular formula is C20H24N4O. The third kappa shape index (κ3) is 3.46. The van der Waals surface area contributed by atoms with Crippen LogP contribution in [0.2, 0.25) is 0 Å². The molecule has 0 atom stereocenters. The van der Waals surface area contributed by atoms with Crippen LogP contribution in [0, 0.1) is 0 Å². The lowest BCUT2D eigenvalue weighted by Crippen LogP contribution is -2.28. The van der Waals surface area contributed by atoms with Crippen LogP contribution < -0.4 is 5.73 Å². The molecule has 0 bridgehead atoms. The van der Waals surface area contributed by atoms with Gasteiger partial charge in [0, 0.05) is 46.2 Å². The molecule has 0 unspecified atom stereocenters. The molecule has 0 aromatic carbocycles. The average molecular weight is 336 g/mol. The van der Waals surface area contributed by atoms with E-state index in [1.54, 1.807) is 24.8 Å². The number of nitrogens with two attached hydrogens (primary N) is 1. The van der Waals surface area contributed by atoms with Crippen molar-refractivity contribution in [2.75, 3.05) is 12.3 Å². The molecule has 0 saturated heterocycles. The maximum Gasteiger partial charge on any atom is 0.0913 e. The normalized spacial score (nSPS) is 12.0. The third-order valence-electron chi connectivity index (χ3n) is 4.24. The van der Waals surface area contributed by atoms with E-state index in [2.05, 4.69) is 23.8 Å². The van der Waals surface area contributed by atoms with Crippen LogP contribution in [-0.4, -0.2) is 27.7 Å². The van der Waals surface area contributed by atoms with Gasteiger partial charge in [-0.05, 0) is 32.0 Å². The molecule has 3 aromatic heterocycles. The number of anilines is 1. The Morgan fingerprint density at radius 3 is 2.44 bits per heavy atom. The number of rotatable bonds is 5. The van der Waals surface area contributed by atoms with Crippen LogP contribution in [0.3, 0.4) is 0 Å². The van der Waals surface area contributed by atoms with E-state index in [0.717, 1.165) is 33.4 Å². The van der Waals surface area contributed by atoms with Crippen LogP contribution in [0.15, 0.2) is 43.0 Å². The summed E-state index contributed by atoms with van der Waals surface area (Å²) >= 11 is 0. The van der Waals surface area contributed by atoms with E-state index in [0.29, 0.717) is 6.61 Å². The van der Waals surface area contributed by atoms with E-state index in [-0.39, 0.29) is 11.5 Å². The van der Waals surface area contributed by atoms with Gasteiger partial charge in [-0.3, -0.25) is 9.97 Å². The summed E-state index contributed by atoms with van der Waals surface area (Å²) in [6.45, 7) is 8.91. The maximum absolute atomic E-state index is 6.61. The molecule has 0 amide bonds. The van der Waals surface area contributed by atoms with Crippen LogP contribution in [0.1, 0.15) is 33.3 Å². The first-order valence-corrected chi connectivity index (χ1v) is 8.46. The topological polar surface area (TPSA) is 73.9 Å². The molecule has 3 heterocycles. The van der Waals surface area contributed by atoms with Crippen molar-refractivity contribution in [2.45, 2.75) is 39.2 Å². The fourth-order valence-corrected chi connectivity index (χ4v) is 2.99. The molecule has 0 saturated carbocycles. The summed E-state index contributed by atoms with van der Waals surface area (Å²) in [5.74, 6) is 0. The predicted molar refractivity (Wildman–Crippen MR) is 101 cm³/mol. The van der Waals surface area contributed by atoms with Crippen LogP contribution in [-0.2, 0) is 10.2 Å². The molecular weight excluding hydrogens is 312 g/mol. The molecule has 130 valence electrons. The van der Waals surface area contributed by atoms with Crippen molar-refractivity contribution in [1.29, 1.82) is 0 Å². The summed E-state index contributed by atoms with van der Waals surface area (Å²) in [6, 6.07) is 5.82. The smallest absolute Gasteiger partial charge is 0.0913 e. The molecule has 0 aliphatic heterocycles. The SMILES string of the molecule is CC(C)OCC(C)(C)c1c(-c2ccncc2)nc2cnccc2c1N. The van der Waals surface area contributed by atoms with Crippen LogP contribution in [0.25, 0.3) is 22.2 Å². The average Bonchev–Trinajstić information content (AvgIpc) is 2.60. The molecule has 0 spiro atoms. The van der Waals surface area contributed by atoms with Crippen molar-refractivity contribution >= 4 is 16.6 Å². The van der Waals surface area contributed by atoms with Gasteiger partial charge in [-0.1, -0.05) is 13.8 Å². The van der Waals surface area contributed by atoms with Crippen molar-refractivity contribution < 1.29 is 4.74 Å². The highest BCUT2D eigenvalue weighted by Gasteiger charge is 2.30. The second-order valence-electron chi connectivity index (χ2n) is 7.12. The molecule has 0 aliphatic carbocycles. The Balaban J connectivity index is 2.26. The number of pyridine rings is 3. The van der Waals surface area contributed by atoms with Crippen molar-refractivity contribution in [3.63, 3.8) is 0 Å². The minimum atomic E-state index is -0.294. The van der Waals surface area contributed by atoms with E-state index in [4.69, 9.17) is 15.5 Å². The van der Waals surface area contributed by atoms with Gasteiger partial charge in [0.2, 0.25) is 0 Å². The monoisotopic (exact) mass is 336 g/mol. The largest absolute Gasteiger partial charge is 0.398 e. The Hall–Kier alpha value is -2.53. The van der Waals surface area contributed by atoms with Crippen molar-refractivity contribution in [1.82, 2.24) is 15.0 Å². The highest BCUT2D eigenvalue weighted by atomic mass is 16.5. The van der Waals surface area contributed by atoms with Gasteiger partial charge in [0.15, 0.2) is 0 Å². The van der Waals surface area contributed by atoms with Gasteiger partial charge in [-0.15, -0.1) is 0 Å². The lowest BCUT2D eigenvalue weighted by molar-refractivity contribution is 0.0476. The zero-order valence-electron chi connectivity index (χ0n) is 15.2. The Kier molecular flexibility index (Phi) is 4.68. The van der Waals surface area contributed by atoms with Gasteiger partial charge in [-0.25, -0.2) is 4.98 Å². The molecule has 0 radical (unpaired) electrons. The number of nitrogens with zero attached hydrogens (tertiary/aromatic N) is 3. The number of nitrogen functional groups attached to an aromatic ring is 1. The first-order valence-electron chi connectivity index (χ1n) is 8.46. The van der Waals surface area contributed by atoms with E-state index < -0.39 is 0 Å². The summed E-state index contributed by atoms with van der Waals surface area (Å²) in [5.41, 5.74) is 10.7. The number of fused-ring (bicyclic) bond motifs is 1. The second kappa shape index (κ2) is 6.76. The summed E-state index contributed by atoms with van der Waals surface area (Å²) in [7, 11) is 0. The van der Waals surface area contributed by atoms with Gasteiger partial charge < -0.3 is 10.5 Å². The standard InChI is InChI=1S/C20H24N4O/c1-13(2)25-12-20(3,4)17-18(21)15-7-10-23-11-16(15)24-19(17)14-5-8-22-9-6-14/h5-11,13H,12H2,1-4H3,(H2,21,24). The molecule has 5 nitrogen and oxygen atoms in total. The lowest BCUT2D eigenvalue weighted by Gasteiger charge is -2.30. The first-order chi connectivity index (χ1) is 11.9. The first kappa shape index (κ1) is 17.3. The molecule has 0 aliphatic rings. The maximum atomic E-state index is 6.61. The van der Waals surface area contributed by atoms with Gasteiger partial charge in [-0.2, -0.15) is 0 Å². The third-order valence-corrected chi connectivity index (χ3v) is 4.24. The summed E-state index contributed by atoms with van der Waals surface area (Å²) in [4.78, 5) is 13.2. The van der Waals surface area contributed by atoms with Crippen molar-refractivity contribution in [3.05, 3.63) is 48.5 Å². The molecule has 0 fully saturated rings. The fourth-order valence-electron chi connectivity index (χ4n) is 2.99. The fraction of sp³-hybridized carbons (Fsp3) is 0.350. The minimum absolute atomic E-state index is 0.155. The van der Waals surface area contributed by atoms with Crippen molar-refractivity contribution in [3.8, 4) is 11.3 Å². The van der Waals surface area contributed by atoms with Crippen LogP contribution in [0.5, 0.6) is 0 Å². The summed E-state index contributed by atoms with van der Waals surface area (Å²) < 4.78 is 5.91. The minimum Gasteiger partial charge on any atom is -0.398 e. The lowest BCUT2D eigenvalue weighted by atomic mass is 9.81.